The van der Waals surface area contributed by atoms with Crippen LogP contribution in [0.2, 0.25) is 0 Å². The molecule has 1 atom stereocenters. The normalized spacial score (nSPS) is 12.2. The van der Waals surface area contributed by atoms with Crippen LogP contribution in [-0.4, -0.2) is 37.0 Å². The van der Waals surface area contributed by atoms with Gasteiger partial charge in [-0.3, -0.25) is 4.79 Å². The van der Waals surface area contributed by atoms with Gasteiger partial charge in [0.25, 0.3) is 0 Å². The lowest BCUT2D eigenvalue weighted by Crippen LogP contribution is -2.36. The van der Waals surface area contributed by atoms with Crippen LogP contribution in [0.1, 0.15) is 38.8 Å². The van der Waals surface area contributed by atoms with Crippen molar-refractivity contribution >= 4 is 12.1 Å². The van der Waals surface area contributed by atoms with E-state index in [1.54, 1.807) is 39.0 Å². The molecule has 0 unspecified atom stereocenters. The lowest BCUT2D eigenvalue weighted by Gasteiger charge is -2.25. The Bertz CT molecular complexity index is 542. The van der Waals surface area contributed by atoms with E-state index in [4.69, 9.17) is 19.3 Å². The minimum Gasteiger partial charge on any atom is -0.496 e. The molecule has 0 aromatic heterocycles. The molecule has 1 aromatic rings. The zero-order valence-electron chi connectivity index (χ0n) is 14.0. The first-order valence-electron chi connectivity index (χ1n) is 7.10. The first-order chi connectivity index (χ1) is 10.7. The molecule has 0 saturated heterocycles. The molecule has 1 amide bonds. The number of aliphatic carboxylic acids is 1. The highest BCUT2D eigenvalue weighted by Gasteiger charge is 2.27. The van der Waals surface area contributed by atoms with Gasteiger partial charge in [0.2, 0.25) is 0 Å². The molecular weight excluding hydrogens is 302 g/mol. The van der Waals surface area contributed by atoms with Crippen molar-refractivity contribution in [3.8, 4) is 11.5 Å². The van der Waals surface area contributed by atoms with Gasteiger partial charge in [-0.1, -0.05) is 6.07 Å². The van der Waals surface area contributed by atoms with E-state index in [0.29, 0.717) is 17.1 Å². The maximum atomic E-state index is 12.0. The first kappa shape index (κ1) is 18.6. The van der Waals surface area contributed by atoms with E-state index >= 15 is 0 Å². The van der Waals surface area contributed by atoms with Crippen LogP contribution in [0.5, 0.6) is 11.5 Å². The van der Waals surface area contributed by atoms with E-state index in [1.165, 1.54) is 14.2 Å². The number of nitrogens with one attached hydrogen (secondary N) is 1. The maximum absolute atomic E-state index is 12.0. The number of hydrogen-bond acceptors (Lipinski definition) is 5. The highest BCUT2D eigenvalue weighted by molar-refractivity contribution is 5.73. The molecule has 0 aliphatic rings. The number of carboxylic acid groups (broad SMARTS) is 1. The van der Waals surface area contributed by atoms with Crippen molar-refractivity contribution in [2.24, 2.45) is 0 Å². The Hall–Kier alpha value is -2.44. The Morgan fingerprint density at radius 3 is 2.09 bits per heavy atom. The number of amides is 1. The van der Waals surface area contributed by atoms with Gasteiger partial charge in [-0.15, -0.1) is 0 Å². The Morgan fingerprint density at radius 1 is 1.17 bits per heavy atom. The highest BCUT2D eigenvalue weighted by atomic mass is 16.6. The molecule has 0 saturated carbocycles. The second kappa shape index (κ2) is 7.71. The van der Waals surface area contributed by atoms with Crippen molar-refractivity contribution < 1.29 is 28.9 Å². The quantitative estimate of drug-likeness (QED) is 0.835. The van der Waals surface area contributed by atoms with Crippen molar-refractivity contribution in [1.29, 1.82) is 0 Å². The molecule has 1 aromatic carbocycles. The van der Waals surface area contributed by atoms with Crippen LogP contribution < -0.4 is 14.8 Å². The molecule has 7 heteroatoms. The van der Waals surface area contributed by atoms with Crippen LogP contribution in [0.25, 0.3) is 0 Å². The van der Waals surface area contributed by atoms with Gasteiger partial charge in [-0.05, 0) is 32.9 Å². The molecule has 0 spiro atoms. The Labute approximate surface area is 135 Å². The number of benzene rings is 1. The second-order valence-corrected chi connectivity index (χ2v) is 5.87. The molecule has 2 N–H and O–H groups in total. The summed E-state index contributed by atoms with van der Waals surface area (Å²) in [5.41, 5.74) is -0.242. The number of alkyl carbamates (subject to hydrolysis) is 1. The van der Waals surface area contributed by atoms with Crippen LogP contribution in [0.4, 0.5) is 4.79 Å². The fourth-order valence-electron chi connectivity index (χ4n) is 2.07. The van der Waals surface area contributed by atoms with E-state index in [0.717, 1.165) is 0 Å². The zero-order chi connectivity index (χ0) is 17.6. The van der Waals surface area contributed by atoms with E-state index in [1.807, 2.05) is 0 Å². The molecule has 7 nitrogen and oxygen atoms in total. The SMILES string of the molecule is COc1cccc(OC)c1[C@@H](CC(=O)O)NC(=O)OC(C)(C)C. The van der Waals surface area contributed by atoms with Crippen molar-refractivity contribution in [3.63, 3.8) is 0 Å². The number of carbonyl (C=O) groups is 2. The fraction of sp³-hybridized carbons (Fsp3) is 0.500. The average Bonchev–Trinajstić information content (AvgIpc) is 2.43. The number of carbonyl (C=O) groups excluding carboxylic acids is 1. The third kappa shape index (κ3) is 5.69. The van der Waals surface area contributed by atoms with Gasteiger partial charge in [0.1, 0.15) is 17.1 Å². The van der Waals surface area contributed by atoms with Crippen molar-refractivity contribution in [2.75, 3.05) is 14.2 Å². The largest absolute Gasteiger partial charge is 0.496 e. The minimum atomic E-state index is -1.07. The van der Waals surface area contributed by atoms with Gasteiger partial charge in [0.05, 0.1) is 32.2 Å². The molecule has 0 aliphatic heterocycles. The van der Waals surface area contributed by atoms with Crippen LogP contribution in [-0.2, 0) is 9.53 Å². The summed E-state index contributed by atoms with van der Waals surface area (Å²) in [5.74, 6) is -0.225. The Kier molecular flexibility index (Phi) is 6.24. The summed E-state index contributed by atoms with van der Waals surface area (Å²) in [6.07, 6.45) is -1.05. The Morgan fingerprint density at radius 2 is 1.70 bits per heavy atom. The molecule has 23 heavy (non-hydrogen) atoms. The first-order valence-corrected chi connectivity index (χ1v) is 7.10. The van der Waals surface area contributed by atoms with Gasteiger partial charge in [0, 0.05) is 0 Å². The van der Waals surface area contributed by atoms with Crippen LogP contribution >= 0.6 is 0 Å². The summed E-state index contributed by atoms with van der Waals surface area (Å²) in [4.78, 5) is 23.2. The topological polar surface area (TPSA) is 94.1 Å². The number of methoxy groups -OCH3 is 2. The molecule has 1 rings (SSSR count). The number of carboxylic acids is 1. The lowest BCUT2D eigenvalue weighted by molar-refractivity contribution is -0.137. The molecule has 0 fully saturated rings. The molecule has 0 aliphatic carbocycles. The van der Waals surface area contributed by atoms with Gasteiger partial charge < -0.3 is 24.6 Å². The monoisotopic (exact) mass is 325 g/mol. The predicted octanol–water partition coefficient (Wildman–Crippen LogP) is 2.74. The van der Waals surface area contributed by atoms with Crippen molar-refractivity contribution in [3.05, 3.63) is 23.8 Å². The van der Waals surface area contributed by atoms with E-state index in [9.17, 15) is 9.59 Å². The second-order valence-electron chi connectivity index (χ2n) is 5.87. The summed E-state index contributed by atoms with van der Waals surface area (Å²) in [6, 6.07) is 4.20. The Balaban J connectivity index is 3.17. The minimum absolute atomic E-state index is 0.337. The fourth-order valence-corrected chi connectivity index (χ4v) is 2.07. The van der Waals surface area contributed by atoms with E-state index in [2.05, 4.69) is 5.32 Å². The van der Waals surface area contributed by atoms with Crippen LogP contribution in [0, 0.1) is 0 Å². The van der Waals surface area contributed by atoms with Gasteiger partial charge >= 0.3 is 12.1 Å². The standard InChI is InChI=1S/C16H23NO6/c1-16(2,3)23-15(20)17-10(9-13(18)19)14-11(21-4)7-6-8-12(14)22-5/h6-8,10H,9H2,1-5H3,(H,17,20)(H,18,19)/t10-/m1/s1. The molecule has 128 valence electrons. The van der Waals surface area contributed by atoms with Gasteiger partial charge in [-0.25, -0.2) is 4.79 Å². The van der Waals surface area contributed by atoms with E-state index < -0.39 is 23.7 Å². The maximum Gasteiger partial charge on any atom is 0.408 e. The molecular formula is C16H23NO6. The van der Waals surface area contributed by atoms with Crippen molar-refractivity contribution in [1.82, 2.24) is 5.32 Å². The van der Waals surface area contributed by atoms with Crippen LogP contribution in [0.15, 0.2) is 18.2 Å². The van der Waals surface area contributed by atoms with Crippen molar-refractivity contribution in [2.45, 2.75) is 38.8 Å². The summed E-state index contributed by atoms with van der Waals surface area (Å²) in [7, 11) is 2.92. The van der Waals surface area contributed by atoms with Gasteiger partial charge in [0.15, 0.2) is 0 Å². The number of rotatable bonds is 6. The number of hydrogen-bond donors (Lipinski definition) is 2. The molecule has 0 heterocycles. The number of ether oxygens (including phenoxy) is 3. The van der Waals surface area contributed by atoms with Gasteiger partial charge in [-0.2, -0.15) is 0 Å². The molecule has 0 radical (unpaired) electrons. The summed E-state index contributed by atoms with van der Waals surface area (Å²) < 4.78 is 15.7. The summed E-state index contributed by atoms with van der Waals surface area (Å²) >= 11 is 0. The summed E-state index contributed by atoms with van der Waals surface area (Å²) in [5, 5.41) is 11.7. The highest BCUT2D eigenvalue weighted by Crippen LogP contribution is 2.35. The molecule has 0 bridgehead atoms. The average molecular weight is 325 g/mol. The lowest BCUT2D eigenvalue weighted by atomic mass is 10.0. The smallest absolute Gasteiger partial charge is 0.408 e. The third-order valence-electron chi connectivity index (χ3n) is 2.88. The van der Waals surface area contributed by atoms with E-state index in [-0.39, 0.29) is 6.42 Å². The summed E-state index contributed by atoms with van der Waals surface area (Å²) in [6.45, 7) is 5.17. The third-order valence-corrected chi connectivity index (χ3v) is 2.88. The zero-order valence-corrected chi connectivity index (χ0v) is 14.0. The predicted molar refractivity (Wildman–Crippen MR) is 83.9 cm³/mol. The van der Waals surface area contributed by atoms with Crippen LogP contribution in [0.3, 0.4) is 0 Å².